The minimum absolute atomic E-state index is 0. The molecule has 2 aromatic rings. The first-order chi connectivity index (χ1) is 7.25. The van der Waals surface area contributed by atoms with Gasteiger partial charge in [0.05, 0.1) is 0 Å². The molecule has 0 spiro atoms. The summed E-state index contributed by atoms with van der Waals surface area (Å²) in [4.78, 5) is 0. The maximum Gasteiger partial charge on any atom is 0.130 e. The van der Waals surface area contributed by atoms with Crippen molar-refractivity contribution in [2.75, 3.05) is 5.73 Å². The molecule has 0 radical (unpaired) electrons. The Morgan fingerprint density at radius 2 is 1.75 bits per heavy atom. The summed E-state index contributed by atoms with van der Waals surface area (Å²) in [7, 11) is 0. The summed E-state index contributed by atoms with van der Waals surface area (Å²) >= 11 is 0. The van der Waals surface area contributed by atoms with Gasteiger partial charge >= 0.3 is 0 Å². The van der Waals surface area contributed by atoms with Gasteiger partial charge in [-0.25, -0.2) is 0 Å². The normalized spacial score (nSPS) is 9.31. The molecule has 0 aliphatic rings. The molecule has 0 atom stereocenters. The van der Waals surface area contributed by atoms with Crippen LogP contribution in [0.1, 0.15) is 5.56 Å². The van der Waals surface area contributed by atoms with E-state index < -0.39 is 0 Å². The summed E-state index contributed by atoms with van der Waals surface area (Å²) in [6.45, 7) is 2.02. The molecular weight excluding hydrogens is 222 g/mol. The van der Waals surface area contributed by atoms with Crippen LogP contribution in [0.5, 0.6) is 11.5 Å². The number of para-hydroxylation sites is 1. The SMILES string of the molecule is Cc1ccccc1Oc1cccc(N)c1.Cl. The van der Waals surface area contributed by atoms with Gasteiger partial charge in [-0.1, -0.05) is 24.3 Å². The van der Waals surface area contributed by atoms with Crippen LogP contribution in [0.2, 0.25) is 0 Å². The Morgan fingerprint density at radius 3 is 2.44 bits per heavy atom. The fraction of sp³-hybridized carbons (Fsp3) is 0.0769. The molecule has 3 heteroatoms. The smallest absolute Gasteiger partial charge is 0.130 e. The van der Waals surface area contributed by atoms with Crippen LogP contribution in [-0.4, -0.2) is 0 Å². The van der Waals surface area contributed by atoms with E-state index in [0.717, 1.165) is 17.1 Å². The van der Waals surface area contributed by atoms with E-state index in [0.29, 0.717) is 5.69 Å². The number of hydrogen-bond donors (Lipinski definition) is 1. The highest BCUT2D eigenvalue weighted by atomic mass is 35.5. The van der Waals surface area contributed by atoms with Crippen molar-refractivity contribution in [1.29, 1.82) is 0 Å². The Kier molecular flexibility index (Phi) is 4.20. The molecule has 0 unspecified atom stereocenters. The summed E-state index contributed by atoms with van der Waals surface area (Å²) in [6, 6.07) is 15.3. The van der Waals surface area contributed by atoms with Crippen LogP contribution >= 0.6 is 12.4 Å². The van der Waals surface area contributed by atoms with Crippen LogP contribution in [0.15, 0.2) is 48.5 Å². The van der Waals surface area contributed by atoms with E-state index in [2.05, 4.69) is 0 Å². The summed E-state index contributed by atoms with van der Waals surface area (Å²) in [5.41, 5.74) is 7.49. The second-order valence-electron chi connectivity index (χ2n) is 3.44. The molecule has 0 saturated heterocycles. The minimum Gasteiger partial charge on any atom is -0.457 e. The topological polar surface area (TPSA) is 35.2 Å². The molecule has 16 heavy (non-hydrogen) atoms. The maximum absolute atomic E-state index is 5.71. The second-order valence-corrected chi connectivity index (χ2v) is 3.44. The molecule has 2 nitrogen and oxygen atoms in total. The van der Waals surface area contributed by atoms with Gasteiger partial charge in [-0.2, -0.15) is 0 Å². The number of benzene rings is 2. The summed E-state index contributed by atoms with van der Waals surface area (Å²) in [6.07, 6.45) is 0. The zero-order valence-corrected chi connectivity index (χ0v) is 9.83. The number of nitrogen functional groups attached to an aromatic ring is 1. The summed E-state index contributed by atoms with van der Waals surface area (Å²) in [5.74, 6) is 1.63. The number of nitrogens with two attached hydrogens (primary N) is 1. The highest BCUT2D eigenvalue weighted by molar-refractivity contribution is 5.85. The Labute approximate surface area is 101 Å². The molecule has 2 N–H and O–H groups in total. The monoisotopic (exact) mass is 235 g/mol. The van der Waals surface area contributed by atoms with Gasteiger partial charge in [0.25, 0.3) is 0 Å². The lowest BCUT2D eigenvalue weighted by Gasteiger charge is -2.08. The minimum atomic E-state index is 0. The van der Waals surface area contributed by atoms with E-state index in [1.54, 1.807) is 0 Å². The maximum atomic E-state index is 5.71. The van der Waals surface area contributed by atoms with E-state index in [4.69, 9.17) is 10.5 Å². The van der Waals surface area contributed by atoms with Crippen molar-refractivity contribution >= 4 is 18.1 Å². The van der Waals surface area contributed by atoms with E-state index in [1.807, 2.05) is 55.5 Å². The molecule has 0 aromatic heterocycles. The molecule has 0 bridgehead atoms. The molecule has 84 valence electrons. The second kappa shape index (κ2) is 5.42. The average Bonchev–Trinajstić information content (AvgIpc) is 2.22. The third-order valence-corrected chi connectivity index (χ3v) is 2.18. The zero-order valence-electron chi connectivity index (χ0n) is 9.01. The van der Waals surface area contributed by atoms with Crippen molar-refractivity contribution in [3.63, 3.8) is 0 Å². The van der Waals surface area contributed by atoms with Crippen molar-refractivity contribution in [1.82, 2.24) is 0 Å². The van der Waals surface area contributed by atoms with E-state index >= 15 is 0 Å². The number of ether oxygens (including phenoxy) is 1. The quantitative estimate of drug-likeness (QED) is 0.804. The van der Waals surface area contributed by atoms with Crippen LogP contribution in [0.4, 0.5) is 5.69 Å². The molecule has 0 saturated carbocycles. The lowest BCUT2D eigenvalue weighted by Crippen LogP contribution is -1.89. The molecule has 0 amide bonds. The first kappa shape index (κ1) is 12.4. The van der Waals surface area contributed by atoms with Gasteiger partial charge in [-0.15, -0.1) is 12.4 Å². The van der Waals surface area contributed by atoms with Crippen LogP contribution in [0, 0.1) is 6.92 Å². The summed E-state index contributed by atoms with van der Waals surface area (Å²) in [5, 5.41) is 0. The molecule has 0 aliphatic heterocycles. The fourth-order valence-electron chi connectivity index (χ4n) is 1.38. The first-order valence-electron chi connectivity index (χ1n) is 4.85. The predicted octanol–water partition coefficient (Wildman–Crippen LogP) is 3.79. The van der Waals surface area contributed by atoms with E-state index in [1.165, 1.54) is 0 Å². The lowest BCUT2D eigenvalue weighted by molar-refractivity contribution is 0.479. The summed E-state index contributed by atoms with van der Waals surface area (Å²) < 4.78 is 5.71. The molecule has 2 aromatic carbocycles. The van der Waals surface area contributed by atoms with E-state index in [9.17, 15) is 0 Å². The molecule has 0 aliphatic carbocycles. The van der Waals surface area contributed by atoms with Gasteiger partial charge < -0.3 is 10.5 Å². The van der Waals surface area contributed by atoms with Crippen LogP contribution in [0.25, 0.3) is 0 Å². The predicted molar refractivity (Wildman–Crippen MR) is 69.4 cm³/mol. The van der Waals surface area contributed by atoms with Crippen molar-refractivity contribution in [3.05, 3.63) is 54.1 Å². The molecule has 2 rings (SSSR count). The molecule has 0 fully saturated rings. The van der Waals surface area contributed by atoms with Gasteiger partial charge in [-0.05, 0) is 30.7 Å². The van der Waals surface area contributed by atoms with Gasteiger partial charge in [0.1, 0.15) is 11.5 Å². The van der Waals surface area contributed by atoms with Crippen molar-refractivity contribution in [3.8, 4) is 11.5 Å². The van der Waals surface area contributed by atoms with Crippen LogP contribution in [-0.2, 0) is 0 Å². The Bertz CT molecular complexity index is 471. The largest absolute Gasteiger partial charge is 0.457 e. The van der Waals surface area contributed by atoms with Crippen molar-refractivity contribution in [2.45, 2.75) is 6.92 Å². The first-order valence-corrected chi connectivity index (χ1v) is 4.85. The highest BCUT2D eigenvalue weighted by Gasteiger charge is 1.99. The third-order valence-electron chi connectivity index (χ3n) is 2.18. The van der Waals surface area contributed by atoms with Gasteiger partial charge in [0.2, 0.25) is 0 Å². The molecule has 0 heterocycles. The number of aryl methyl sites for hydroxylation is 1. The Morgan fingerprint density at radius 1 is 1.00 bits per heavy atom. The Hall–Kier alpha value is -1.67. The van der Waals surface area contributed by atoms with Crippen LogP contribution in [0.3, 0.4) is 0 Å². The van der Waals surface area contributed by atoms with Crippen molar-refractivity contribution < 1.29 is 4.74 Å². The number of hydrogen-bond acceptors (Lipinski definition) is 2. The standard InChI is InChI=1S/C13H13NO.ClH/c1-10-5-2-3-8-13(10)15-12-7-4-6-11(14)9-12;/h2-9H,14H2,1H3;1H. The molecular formula is C13H14ClNO. The zero-order chi connectivity index (χ0) is 10.7. The van der Waals surface area contributed by atoms with Gasteiger partial charge in [-0.3, -0.25) is 0 Å². The lowest BCUT2D eigenvalue weighted by atomic mass is 10.2. The van der Waals surface area contributed by atoms with E-state index in [-0.39, 0.29) is 12.4 Å². The van der Waals surface area contributed by atoms with Crippen molar-refractivity contribution in [2.24, 2.45) is 0 Å². The third kappa shape index (κ3) is 2.91. The van der Waals surface area contributed by atoms with Gasteiger partial charge in [0, 0.05) is 11.8 Å². The number of rotatable bonds is 2. The van der Waals surface area contributed by atoms with Gasteiger partial charge in [0.15, 0.2) is 0 Å². The Balaban J connectivity index is 0.00000128. The average molecular weight is 236 g/mol. The number of halogens is 1. The van der Waals surface area contributed by atoms with Crippen LogP contribution < -0.4 is 10.5 Å². The number of anilines is 1. The highest BCUT2D eigenvalue weighted by Crippen LogP contribution is 2.25. The fourth-order valence-corrected chi connectivity index (χ4v) is 1.38.